The summed E-state index contributed by atoms with van der Waals surface area (Å²) in [6, 6.07) is 10.1. The molecule has 160 valence electrons. The summed E-state index contributed by atoms with van der Waals surface area (Å²) >= 11 is 6.26. The molecule has 1 N–H and O–H groups in total. The standard InChI is InChI=1S/C22H25ClN2O4S/c1-5-14-8-7-9-15(6-2)19(14)24-20(26)17-12-16(10-11-18(17)23)25-21(27)22(3,4)13-30(25,28)29/h7-12H,5-6,13H2,1-4H3,(H,24,26). The molecule has 2 amide bonds. The minimum Gasteiger partial charge on any atom is -0.321 e. The Kier molecular flexibility index (Phi) is 5.98. The lowest BCUT2D eigenvalue weighted by molar-refractivity contribution is -0.123. The lowest BCUT2D eigenvalue weighted by Crippen LogP contribution is -2.33. The van der Waals surface area contributed by atoms with Crippen LogP contribution in [0.25, 0.3) is 0 Å². The fourth-order valence-corrected chi connectivity index (χ4v) is 5.96. The number of anilines is 2. The number of aryl methyl sites for hydroxylation is 2. The van der Waals surface area contributed by atoms with Crippen LogP contribution in [0.5, 0.6) is 0 Å². The molecule has 1 aliphatic heterocycles. The van der Waals surface area contributed by atoms with Gasteiger partial charge in [0.15, 0.2) is 0 Å². The van der Waals surface area contributed by atoms with Crippen LogP contribution < -0.4 is 9.62 Å². The number of rotatable bonds is 5. The van der Waals surface area contributed by atoms with Gasteiger partial charge in [0.05, 0.1) is 27.4 Å². The normalized spacial score (nSPS) is 17.2. The second kappa shape index (κ2) is 8.04. The van der Waals surface area contributed by atoms with Gasteiger partial charge in [-0.2, -0.15) is 0 Å². The first-order valence-corrected chi connectivity index (χ1v) is 11.8. The van der Waals surface area contributed by atoms with Crippen LogP contribution >= 0.6 is 11.6 Å². The Morgan fingerprint density at radius 1 is 1.13 bits per heavy atom. The predicted octanol–water partition coefficient (Wildman–Crippen LogP) is 4.42. The quantitative estimate of drug-likeness (QED) is 0.733. The molecular weight excluding hydrogens is 424 g/mol. The Hall–Kier alpha value is -2.38. The van der Waals surface area contributed by atoms with E-state index in [0.29, 0.717) is 0 Å². The number of carbonyl (C=O) groups excluding carboxylic acids is 2. The molecular formula is C22H25ClN2O4S. The average Bonchev–Trinajstić information content (AvgIpc) is 2.84. The Morgan fingerprint density at radius 3 is 2.23 bits per heavy atom. The molecule has 0 bridgehead atoms. The van der Waals surface area contributed by atoms with E-state index in [2.05, 4.69) is 5.32 Å². The van der Waals surface area contributed by atoms with Crippen molar-refractivity contribution in [3.8, 4) is 0 Å². The minimum absolute atomic E-state index is 0.106. The number of halogens is 1. The highest BCUT2D eigenvalue weighted by Crippen LogP contribution is 2.37. The summed E-state index contributed by atoms with van der Waals surface area (Å²) in [5, 5.41) is 3.10. The number of nitrogens with zero attached hydrogens (tertiary/aromatic N) is 1. The second-order valence-corrected chi connectivity index (χ2v) is 10.2. The molecule has 0 radical (unpaired) electrons. The molecule has 0 atom stereocenters. The van der Waals surface area contributed by atoms with E-state index in [1.54, 1.807) is 13.8 Å². The largest absolute Gasteiger partial charge is 0.321 e. The molecule has 1 saturated heterocycles. The van der Waals surface area contributed by atoms with E-state index in [-0.39, 0.29) is 22.0 Å². The summed E-state index contributed by atoms with van der Waals surface area (Å²) in [5.41, 5.74) is 1.91. The predicted molar refractivity (Wildman–Crippen MR) is 120 cm³/mol. The van der Waals surface area contributed by atoms with Crippen molar-refractivity contribution in [3.05, 3.63) is 58.1 Å². The van der Waals surface area contributed by atoms with E-state index >= 15 is 0 Å². The second-order valence-electron chi connectivity index (χ2n) is 7.99. The van der Waals surface area contributed by atoms with Gasteiger partial charge < -0.3 is 5.32 Å². The fraction of sp³-hybridized carbons (Fsp3) is 0.364. The number of nitrogens with one attached hydrogen (secondary N) is 1. The molecule has 2 aromatic rings. The maximum absolute atomic E-state index is 13.1. The van der Waals surface area contributed by atoms with E-state index in [4.69, 9.17) is 11.6 Å². The van der Waals surface area contributed by atoms with E-state index < -0.39 is 27.3 Å². The van der Waals surface area contributed by atoms with Gasteiger partial charge in [-0.3, -0.25) is 9.59 Å². The molecule has 6 nitrogen and oxygen atoms in total. The number of amides is 2. The number of hydrogen-bond donors (Lipinski definition) is 1. The van der Waals surface area contributed by atoms with Crippen LogP contribution in [0.2, 0.25) is 5.02 Å². The third-order valence-electron chi connectivity index (χ3n) is 5.25. The monoisotopic (exact) mass is 448 g/mol. The summed E-state index contributed by atoms with van der Waals surface area (Å²) in [7, 11) is -3.82. The van der Waals surface area contributed by atoms with Gasteiger partial charge in [-0.05, 0) is 56.0 Å². The van der Waals surface area contributed by atoms with Crippen LogP contribution in [0.3, 0.4) is 0 Å². The van der Waals surface area contributed by atoms with Crippen molar-refractivity contribution in [2.45, 2.75) is 40.5 Å². The Bertz CT molecular complexity index is 1100. The summed E-state index contributed by atoms with van der Waals surface area (Å²) in [4.78, 5) is 25.7. The highest BCUT2D eigenvalue weighted by molar-refractivity contribution is 7.94. The van der Waals surface area contributed by atoms with Gasteiger partial charge in [0, 0.05) is 5.69 Å². The molecule has 0 aliphatic carbocycles. The Morgan fingerprint density at radius 2 is 1.73 bits per heavy atom. The zero-order chi connectivity index (χ0) is 22.3. The lowest BCUT2D eigenvalue weighted by atomic mass is 9.95. The number of para-hydroxylation sites is 1. The smallest absolute Gasteiger partial charge is 0.257 e. The maximum atomic E-state index is 13.1. The first-order chi connectivity index (χ1) is 14.0. The number of hydrogen-bond acceptors (Lipinski definition) is 4. The van der Waals surface area contributed by atoms with Crippen molar-refractivity contribution in [3.63, 3.8) is 0 Å². The third kappa shape index (κ3) is 3.96. The zero-order valence-corrected chi connectivity index (χ0v) is 19.0. The fourth-order valence-electron chi connectivity index (χ4n) is 3.66. The molecule has 30 heavy (non-hydrogen) atoms. The third-order valence-corrected chi connectivity index (χ3v) is 7.60. The van der Waals surface area contributed by atoms with Gasteiger partial charge in [-0.1, -0.05) is 43.6 Å². The van der Waals surface area contributed by atoms with Crippen LogP contribution in [0, 0.1) is 5.41 Å². The number of sulfonamides is 1. The van der Waals surface area contributed by atoms with Crippen molar-refractivity contribution in [1.29, 1.82) is 0 Å². The minimum atomic E-state index is -3.82. The van der Waals surface area contributed by atoms with Gasteiger partial charge in [-0.15, -0.1) is 0 Å². The summed E-state index contributed by atoms with van der Waals surface area (Å²) < 4.78 is 25.9. The topological polar surface area (TPSA) is 83.6 Å². The average molecular weight is 449 g/mol. The van der Waals surface area contributed by atoms with E-state index in [1.807, 2.05) is 32.0 Å². The van der Waals surface area contributed by atoms with E-state index in [0.717, 1.165) is 34.0 Å². The van der Waals surface area contributed by atoms with Crippen LogP contribution in [-0.4, -0.2) is 26.0 Å². The molecule has 0 aromatic heterocycles. The molecule has 3 rings (SSSR count). The molecule has 2 aromatic carbocycles. The van der Waals surface area contributed by atoms with Crippen LogP contribution in [0.4, 0.5) is 11.4 Å². The molecule has 1 fully saturated rings. The lowest BCUT2D eigenvalue weighted by Gasteiger charge is -2.19. The molecule has 1 heterocycles. The zero-order valence-electron chi connectivity index (χ0n) is 17.5. The highest BCUT2D eigenvalue weighted by Gasteiger charge is 2.50. The van der Waals surface area contributed by atoms with Crippen molar-refractivity contribution in [2.24, 2.45) is 5.41 Å². The van der Waals surface area contributed by atoms with Crippen LogP contribution in [0.15, 0.2) is 36.4 Å². The molecule has 0 saturated carbocycles. The highest BCUT2D eigenvalue weighted by atomic mass is 35.5. The summed E-state index contributed by atoms with van der Waals surface area (Å²) in [5.74, 6) is -1.27. The van der Waals surface area contributed by atoms with Gasteiger partial charge >= 0.3 is 0 Å². The number of carbonyl (C=O) groups is 2. The van der Waals surface area contributed by atoms with E-state index in [1.165, 1.54) is 18.2 Å². The van der Waals surface area contributed by atoms with Crippen molar-refractivity contribution >= 4 is 44.8 Å². The van der Waals surface area contributed by atoms with E-state index in [9.17, 15) is 18.0 Å². The molecule has 0 spiro atoms. The first-order valence-electron chi connectivity index (χ1n) is 9.81. The van der Waals surface area contributed by atoms with Gasteiger partial charge in [0.1, 0.15) is 0 Å². The summed E-state index contributed by atoms with van der Waals surface area (Å²) in [6.45, 7) is 7.18. The van der Waals surface area contributed by atoms with Crippen LogP contribution in [0.1, 0.15) is 49.2 Å². The summed E-state index contributed by atoms with van der Waals surface area (Å²) in [6.07, 6.45) is 1.49. The molecule has 0 unspecified atom stereocenters. The van der Waals surface area contributed by atoms with Gasteiger partial charge in [0.2, 0.25) is 15.9 Å². The van der Waals surface area contributed by atoms with Gasteiger partial charge in [0.25, 0.3) is 5.91 Å². The molecule has 8 heteroatoms. The first kappa shape index (κ1) is 22.3. The SMILES string of the molecule is CCc1cccc(CC)c1NC(=O)c1cc(N2C(=O)C(C)(C)CS2(=O)=O)ccc1Cl. The van der Waals surface area contributed by atoms with Crippen LogP contribution in [-0.2, 0) is 27.7 Å². The van der Waals surface area contributed by atoms with Gasteiger partial charge in [-0.25, -0.2) is 12.7 Å². The van der Waals surface area contributed by atoms with Crippen molar-refractivity contribution < 1.29 is 18.0 Å². The Labute approximate surface area is 182 Å². The molecule has 1 aliphatic rings. The van der Waals surface area contributed by atoms with Crippen molar-refractivity contribution in [2.75, 3.05) is 15.4 Å². The maximum Gasteiger partial charge on any atom is 0.257 e. The van der Waals surface area contributed by atoms with Crippen molar-refractivity contribution in [1.82, 2.24) is 0 Å². The Balaban J connectivity index is 2.01. The number of benzene rings is 2.